The molecule has 1 amide bonds. The summed E-state index contributed by atoms with van der Waals surface area (Å²) in [6.45, 7) is 3.92. The van der Waals surface area contributed by atoms with Crippen LogP contribution in [0.3, 0.4) is 0 Å². The number of nitrogens with one attached hydrogen (secondary N) is 1. The van der Waals surface area contributed by atoms with Gasteiger partial charge in [-0.25, -0.2) is 9.97 Å². The Morgan fingerprint density at radius 3 is 2.54 bits per heavy atom. The predicted octanol–water partition coefficient (Wildman–Crippen LogP) is 5.26. The van der Waals surface area contributed by atoms with E-state index in [1.54, 1.807) is 7.11 Å². The average molecular weight is 458 g/mol. The fourth-order valence-corrected chi connectivity index (χ4v) is 3.88. The van der Waals surface area contributed by atoms with Crippen molar-refractivity contribution in [1.82, 2.24) is 9.97 Å². The summed E-state index contributed by atoms with van der Waals surface area (Å²) in [4.78, 5) is 21.4. The highest BCUT2D eigenvalue weighted by Gasteiger charge is 2.10. The van der Waals surface area contributed by atoms with Gasteiger partial charge in [-0.2, -0.15) is 0 Å². The first-order chi connectivity index (χ1) is 13.4. The standard InChI is InChI=1S/C21H20BrN3O2S/c1-13-4-9-18(17(22)10-13)24-19(26)12-28-20-11-14(2)23-21(25-20)15-5-7-16(27-3)8-6-15/h4-11H,12H2,1-3H3,(H,24,26). The number of amides is 1. The molecule has 3 aromatic rings. The number of nitrogens with zero attached hydrogens (tertiary/aromatic N) is 2. The van der Waals surface area contributed by atoms with Gasteiger partial charge in [0.25, 0.3) is 0 Å². The average Bonchev–Trinajstić information content (AvgIpc) is 2.68. The number of aromatic nitrogens is 2. The molecule has 1 heterocycles. The Balaban J connectivity index is 1.68. The molecule has 0 bridgehead atoms. The Morgan fingerprint density at radius 2 is 1.86 bits per heavy atom. The number of methoxy groups -OCH3 is 1. The normalized spacial score (nSPS) is 10.6. The molecule has 0 fully saturated rings. The minimum atomic E-state index is -0.0863. The van der Waals surface area contributed by atoms with Gasteiger partial charge in [-0.15, -0.1) is 0 Å². The molecule has 0 unspecified atom stereocenters. The molecule has 1 aromatic heterocycles. The molecule has 28 heavy (non-hydrogen) atoms. The van der Waals surface area contributed by atoms with Crippen molar-refractivity contribution in [2.45, 2.75) is 18.9 Å². The van der Waals surface area contributed by atoms with E-state index in [9.17, 15) is 4.79 Å². The maximum Gasteiger partial charge on any atom is 0.234 e. The quantitative estimate of drug-likeness (QED) is 0.403. The molecular weight excluding hydrogens is 438 g/mol. The smallest absolute Gasteiger partial charge is 0.234 e. The van der Waals surface area contributed by atoms with Crippen LogP contribution in [0.2, 0.25) is 0 Å². The lowest BCUT2D eigenvalue weighted by Gasteiger charge is -2.09. The number of carbonyl (C=O) groups excluding carboxylic acids is 1. The van der Waals surface area contributed by atoms with Crippen molar-refractivity contribution in [2.24, 2.45) is 0 Å². The molecule has 0 aliphatic heterocycles. The first-order valence-corrected chi connectivity index (χ1v) is 10.4. The molecule has 3 rings (SSSR count). The van der Waals surface area contributed by atoms with E-state index >= 15 is 0 Å². The second-order valence-electron chi connectivity index (χ2n) is 6.22. The Morgan fingerprint density at radius 1 is 1.11 bits per heavy atom. The van der Waals surface area contributed by atoms with Gasteiger partial charge >= 0.3 is 0 Å². The monoisotopic (exact) mass is 457 g/mol. The minimum absolute atomic E-state index is 0.0863. The number of thioether (sulfide) groups is 1. The fraction of sp³-hybridized carbons (Fsp3) is 0.190. The zero-order valence-electron chi connectivity index (χ0n) is 15.8. The topological polar surface area (TPSA) is 64.1 Å². The van der Waals surface area contributed by atoms with E-state index < -0.39 is 0 Å². The van der Waals surface area contributed by atoms with Crippen molar-refractivity contribution in [3.63, 3.8) is 0 Å². The van der Waals surface area contributed by atoms with E-state index in [1.807, 2.05) is 62.4 Å². The van der Waals surface area contributed by atoms with E-state index in [4.69, 9.17) is 4.74 Å². The molecule has 5 nitrogen and oxygen atoms in total. The van der Waals surface area contributed by atoms with Gasteiger partial charge in [-0.1, -0.05) is 17.8 Å². The van der Waals surface area contributed by atoms with E-state index in [0.29, 0.717) is 5.82 Å². The second-order valence-corrected chi connectivity index (χ2v) is 8.07. The van der Waals surface area contributed by atoms with E-state index in [-0.39, 0.29) is 11.7 Å². The van der Waals surface area contributed by atoms with Crippen molar-refractivity contribution in [2.75, 3.05) is 18.2 Å². The van der Waals surface area contributed by atoms with Crippen molar-refractivity contribution in [1.29, 1.82) is 0 Å². The predicted molar refractivity (Wildman–Crippen MR) is 117 cm³/mol. The molecule has 0 saturated heterocycles. The Bertz CT molecular complexity index is 993. The minimum Gasteiger partial charge on any atom is -0.497 e. The Hall–Kier alpha value is -2.38. The van der Waals surface area contributed by atoms with Crippen LogP contribution in [0.15, 0.2) is 58.0 Å². The number of anilines is 1. The van der Waals surface area contributed by atoms with Gasteiger partial charge in [0.2, 0.25) is 5.91 Å². The lowest BCUT2D eigenvalue weighted by Crippen LogP contribution is -2.14. The highest BCUT2D eigenvalue weighted by atomic mass is 79.9. The number of rotatable bonds is 6. The van der Waals surface area contributed by atoms with Crippen LogP contribution in [0.4, 0.5) is 5.69 Å². The van der Waals surface area contributed by atoms with Crippen LogP contribution in [-0.4, -0.2) is 28.7 Å². The van der Waals surface area contributed by atoms with Gasteiger partial charge < -0.3 is 10.1 Å². The summed E-state index contributed by atoms with van der Waals surface area (Å²) < 4.78 is 6.05. The number of halogens is 1. The van der Waals surface area contributed by atoms with Crippen LogP contribution < -0.4 is 10.1 Å². The molecule has 0 atom stereocenters. The zero-order chi connectivity index (χ0) is 20.1. The van der Waals surface area contributed by atoms with Gasteiger partial charge in [0.05, 0.1) is 18.6 Å². The third kappa shape index (κ3) is 5.33. The number of hydrogen-bond donors (Lipinski definition) is 1. The highest BCUT2D eigenvalue weighted by Crippen LogP contribution is 2.25. The molecular formula is C21H20BrN3O2S. The highest BCUT2D eigenvalue weighted by molar-refractivity contribution is 9.10. The number of benzene rings is 2. The molecule has 0 spiro atoms. The molecule has 0 aliphatic rings. The summed E-state index contributed by atoms with van der Waals surface area (Å²) in [6, 6.07) is 15.3. The molecule has 0 saturated carbocycles. The maximum absolute atomic E-state index is 12.3. The third-order valence-corrected chi connectivity index (χ3v) is 5.50. The van der Waals surface area contributed by atoms with Gasteiger partial charge in [-0.05, 0) is 77.8 Å². The van der Waals surface area contributed by atoms with Gasteiger partial charge in [-0.3, -0.25) is 4.79 Å². The van der Waals surface area contributed by atoms with Crippen LogP contribution in [0.1, 0.15) is 11.3 Å². The number of ether oxygens (including phenoxy) is 1. The van der Waals surface area contributed by atoms with E-state index in [0.717, 1.165) is 37.8 Å². The maximum atomic E-state index is 12.3. The third-order valence-electron chi connectivity index (χ3n) is 3.93. The SMILES string of the molecule is COc1ccc(-c2nc(C)cc(SCC(=O)Nc3ccc(C)cc3Br)n2)cc1. The summed E-state index contributed by atoms with van der Waals surface area (Å²) in [5, 5.41) is 3.68. The van der Waals surface area contributed by atoms with Crippen LogP contribution >= 0.6 is 27.7 Å². The summed E-state index contributed by atoms with van der Waals surface area (Å²) in [5.74, 6) is 1.59. The molecule has 0 radical (unpaired) electrons. The molecule has 0 aliphatic carbocycles. The van der Waals surface area contributed by atoms with Gasteiger partial charge in [0.15, 0.2) is 5.82 Å². The summed E-state index contributed by atoms with van der Waals surface area (Å²) >= 11 is 4.86. The summed E-state index contributed by atoms with van der Waals surface area (Å²) in [7, 11) is 1.63. The lowest BCUT2D eigenvalue weighted by molar-refractivity contribution is -0.113. The van der Waals surface area contributed by atoms with Crippen LogP contribution in [0, 0.1) is 13.8 Å². The number of carbonyl (C=O) groups is 1. The number of aryl methyl sites for hydroxylation is 2. The van der Waals surface area contributed by atoms with Crippen LogP contribution in [0.25, 0.3) is 11.4 Å². The Kier molecular flexibility index (Phi) is 6.70. The molecule has 7 heteroatoms. The van der Waals surface area contributed by atoms with E-state index in [2.05, 4.69) is 31.2 Å². The summed E-state index contributed by atoms with van der Waals surface area (Å²) in [6.07, 6.45) is 0. The zero-order valence-corrected chi connectivity index (χ0v) is 18.2. The van der Waals surface area contributed by atoms with Gasteiger partial charge in [0.1, 0.15) is 10.8 Å². The van der Waals surface area contributed by atoms with Crippen molar-refractivity contribution in [3.8, 4) is 17.1 Å². The molecule has 144 valence electrons. The van der Waals surface area contributed by atoms with Crippen molar-refractivity contribution < 1.29 is 9.53 Å². The first-order valence-electron chi connectivity index (χ1n) is 8.63. The van der Waals surface area contributed by atoms with Crippen molar-refractivity contribution >= 4 is 39.3 Å². The Labute approximate surface area is 177 Å². The van der Waals surface area contributed by atoms with E-state index in [1.165, 1.54) is 11.8 Å². The van der Waals surface area contributed by atoms with Gasteiger partial charge in [0, 0.05) is 15.7 Å². The van der Waals surface area contributed by atoms with Crippen LogP contribution in [0.5, 0.6) is 5.75 Å². The molecule has 1 N–H and O–H groups in total. The largest absolute Gasteiger partial charge is 0.497 e. The lowest BCUT2D eigenvalue weighted by atomic mass is 10.2. The molecule has 2 aromatic carbocycles. The number of hydrogen-bond acceptors (Lipinski definition) is 5. The second kappa shape index (κ2) is 9.21. The summed E-state index contributed by atoms with van der Waals surface area (Å²) in [5.41, 5.74) is 3.64. The van der Waals surface area contributed by atoms with Crippen molar-refractivity contribution in [3.05, 3.63) is 64.3 Å². The fourth-order valence-electron chi connectivity index (χ4n) is 2.53. The van der Waals surface area contributed by atoms with Crippen LogP contribution in [-0.2, 0) is 4.79 Å². The first kappa shape index (κ1) is 20.4.